The minimum atomic E-state index is -0.266. The molecule has 0 unspecified atom stereocenters. The van der Waals surface area contributed by atoms with Gasteiger partial charge >= 0.3 is 0 Å². The standard InChI is InChI=1S/C16H15FO2/c1-12(18)9-13-5-7-16(8-6-13)19-11-14-3-2-4-15(17)10-14/h2-8,10H,9,11H2,1H3. The van der Waals surface area contributed by atoms with Gasteiger partial charge in [-0.15, -0.1) is 0 Å². The molecule has 2 aromatic rings. The van der Waals surface area contributed by atoms with Crippen molar-refractivity contribution in [3.63, 3.8) is 0 Å². The van der Waals surface area contributed by atoms with Gasteiger partial charge < -0.3 is 4.74 Å². The van der Waals surface area contributed by atoms with Gasteiger partial charge in [0.1, 0.15) is 24.0 Å². The number of benzene rings is 2. The molecule has 0 heterocycles. The summed E-state index contributed by atoms with van der Waals surface area (Å²) >= 11 is 0. The minimum Gasteiger partial charge on any atom is -0.489 e. The van der Waals surface area contributed by atoms with Crippen molar-refractivity contribution in [3.8, 4) is 5.75 Å². The molecule has 0 aliphatic heterocycles. The summed E-state index contributed by atoms with van der Waals surface area (Å²) in [4.78, 5) is 11.0. The Bertz CT molecular complexity index is 561. The number of hydrogen-bond donors (Lipinski definition) is 0. The van der Waals surface area contributed by atoms with Crippen LogP contribution in [-0.2, 0) is 17.8 Å². The van der Waals surface area contributed by atoms with Crippen LogP contribution in [0.1, 0.15) is 18.1 Å². The number of ketones is 1. The largest absolute Gasteiger partial charge is 0.489 e. The first-order valence-electron chi connectivity index (χ1n) is 6.09. The molecule has 98 valence electrons. The summed E-state index contributed by atoms with van der Waals surface area (Å²) in [5.41, 5.74) is 1.75. The number of rotatable bonds is 5. The van der Waals surface area contributed by atoms with Gasteiger partial charge in [-0.25, -0.2) is 4.39 Å². The molecular weight excluding hydrogens is 243 g/mol. The zero-order valence-corrected chi connectivity index (χ0v) is 10.7. The molecule has 0 saturated carbocycles. The zero-order valence-electron chi connectivity index (χ0n) is 10.7. The van der Waals surface area contributed by atoms with Crippen LogP contribution in [-0.4, -0.2) is 5.78 Å². The second kappa shape index (κ2) is 6.14. The lowest BCUT2D eigenvalue weighted by molar-refractivity contribution is -0.116. The number of hydrogen-bond acceptors (Lipinski definition) is 2. The quantitative estimate of drug-likeness (QED) is 0.820. The zero-order chi connectivity index (χ0) is 13.7. The van der Waals surface area contributed by atoms with E-state index in [0.717, 1.165) is 11.1 Å². The Morgan fingerprint density at radius 2 is 1.84 bits per heavy atom. The first-order chi connectivity index (χ1) is 9.13. The average molecular weight is 258 g/mol. The number of carbonyl (C=O) groups excluding carboxylic acids is 1. The molecule has 0 fully saturated rings. The van der Waals surface area contributed by atoms with Crippen LogP contribution in [0.4, 0.5) is 4.39 Å². The van der Waals surface area contributed by atoms with E-state index in [1.807, 2.05) is 30.3 Å². The molecule has 0 radical (unpaired) electrons. The van der Waals surface area contributed by atoms with Gasteiger partial charge in [-0.05, 0) is 42.3 Å². The fraction of sp³-hybridized carbons (Fsp3) is 0.188. The van der Waals surface area contributed by atoms with Crippen LogP contribution in [0.2, 0.25) is 0 Å². The van der Waals surface area contributed by atoms with Gasteiger partial charge in [0.25, 0.3) is 0 Å². The smallest absolute Gasteiger partial charge is 0.134 e. The van der Waals surface area contributed by atoms with Crippen molar-refractivity contribution in [1.82, 2.24) is 0 Å². The summed E-state index contributed by atoms with van der Waals surface area (Å²) in [6.45, 7) is 1.89. The number of Topliss-reactive ketones (excluding diaryl/α,β-unsaturated/α-hetero) is 1. The van der Waals surface area contributed by atoms with Crippen LogP contribution in [0.25, 0.3) is 0 Å². The molecular formula is C16H15FO2. The van der Waals surface area contributed by atoms with Crippen LogP contribution < -0.4 is 4.74 Å². The highest BCUT2D eigenvalue weighted by atomic mass is 19.1. The molecule has 0 aliphatic rings. The van der Waals surface area contributed by atoms with Gasteiger partial charge in [0.15, 0.2) is 0 Å². The first kappa shape index (κ1) is 13.3. The fourth-order valence-electron chi connectivity index (χ4n) is 1.78. The third kappa shape index (κ3) is 4.21. The van der Waals surface area contributed by atoms with Crippen molar-refractivity contribution >= 4 is 5.78 Å². The summed E-state index contributed by atoms with van der Waals surface area (Å²) in [5, 5.41) is 0. The molecule has 0 amide bonds. The van der Waals surface area contributed by atoms with E-state index in [4.69, 9.17) is 4.74 Å². The monoisotopic (exact) mass is 258 g/mol. The average Bonchev–Trinajstić information content (AvgIpc) is 2.37. The number of halogens is 1. The van der Waals surface area contributed by atoms with Crippen LogP contribution in [0.5, 0.6) is 5.75 Å². The van der Waals surface area contributed by atoms with E-state index in [0.29, 0.717) is 18.8 Å². The van der Waals surface area contributed by atoms with Crippen molar-refractivity contribution in [3.05, 3.63) is 65.5 Å². The van der Waals surface area contributed by atoms with E-state index < -0.39 is 0 Å². The highest BCUT2D eigenvalue weighted by Crippen LogP contribution is 2.15. The predicted molar refractivity (Wildman–Crippen MR) is 71.6 cm³/mol. The lowest BCUT2D eigenvalue weighted by Crippen LogP contribution is -1.98. The molecule has 19 heavy (non-hydrogen) atoms. The summed E-state index contributed by atoms with van der Waals surface area (Å²) in [5.74, 6) is 0.572. The summed E-state index contributed by atoms with van der Waals surface area (Å²) in [7, 11) is 0. The molecule has 0 aromatic heterocycles. The van der Waals surface area contributed by atoms with Crippen LogP contribution >= 0.6 is 0 Å². The summed E-state index contributed by atoms with van der Waals surface area (Å²) in [6, 6.07) is 13.7. The van der Waals surface area contributed by atoms with Gasteiger partial charge in [0.05, 0.1) is 0 Å². The normalized spacial score (nSPS) is 10.2. The molecule has 2 rings (SSSR count). The maximum absolute atomic E-state index is 13.0. The molecule has 0 bridgehead atoms. The fourth-order valence-corrected chi connectivity index (χ4v) is 1.78. The van der Waals surface area contributed by atoms with E-state index in [-0.39, 0.29) is 11.6 Å². The van der Waals surface area contributed by atoms with E-state index >= 15 is 0 Å². The molecule has 0 atom stereocenters. The van der Waals surface area contributed by atoms with Crippen molar-refractivity contribution in [2.75, 3.05) is 0 Å². The topological polar surface area (TPSA) is 26.3 Å². The third-order valence-electron chi connectivity index (χ3n) is 2.67. The van der Waals surface area contributed by atoms with Crippen molar-refractivity contribution in [2.45, 2.75) is 20.0 Å². The van der Waals surface area contributed by atoms with Crippen molar-refractivity contribution in [1.29, 1.82) is 0 Å². The SMILES string of the molecule is CC(=O)Cc1ccc(OCc2cccc(F)c2)cc1. The second-order valence-corrected chi connectivity index (χ2v) is 4.44. The Labute approximate surface area is 111 Å². The third-order valence-corrected chi connectivity index (χ3v) is 2.67. The lowest BCUT2D eigenvalue weighted by Gasteiger charge is -2.07. The van der Waals surface area contributed by atoms with E-state index in [2.05, 4.69) is 0 Å². The highest BCUT2D eigenvalue weighted by Gasteiger charge is 2.00. The van der Waals surface area contributed by atoms with Gasteiger partial charge in [0, 0.05) is 6.42 Å². The van der Waals surface area contributed by atoms with Crippen LogP contribution in [0.15, 0.2) is 48.5 Å². The summed E-state index contributed by atoms with van der Waals surface area (Å²) < 4.78 is 18.5. The maximum Gasteiger partial charge on any atom is 0.134 e. The first-order valence-corrected chi connectivity index (χ1v) is 6.09. The molecule has 3 heteroatoms. The molecule has 0 saturated heterocycles. The minimum absolute atomic E-state index is 0.133. The van der Waals surface area contributed by atoms with E-state index in [1.165, 1.54) is 12.1 Å². The van der Waals surface area contributed by atoms with Gasteiger partial charge in [-0.1, -0.05) is 24.3 Å². The van der Waals surface area contributed by atoms with Gasteiger partial charge in [-0.3, -0.25) is 4.79 Å². The number of ether oxygens (including phenoxy) is 1. The Hall–Kier alpha value is -2.16. The van der Waals surface area contributed by atoms with Gasteiger partial charge in [-0.2, -0.15) is 0 Å². The van der Waals surface area contributed by atoms with E-state index in [1.54, 1.807) is 13.0 Å². The Morgan fingerprint density at radius 1 is 1.11 bits per heavy atom. The van der Waals surface area contributed by atoms with Crippen molar-refractivity contribution in [2.24, 2.45) is 0 Å². The van der Waals surface area contributed by atoms with E-state index in [9.17, 15) is 9.18 Å². The van der Waals surface area contributed by atoms with Crippen LogP contribution in [0, 0.1) is 5.82 Å². The predicted octanol–water partition coefficient (Wildman–Crippen LogP) is 3.54. The van der Waals surface area contributed by atoms with Crippen LogP contribution in [0.3, 0.4) is 0 Å². The number of carbonyl (C=O) groups is 1. The van der Waals surface area contributed by atoms with Gasteiger partial charge in [0.2, 0.25) is 0 Å². The summed E-state index contributed by atoms with van der Waals surface area (Å²) in [6.07, 6.45) is 0.435. The highest BCUT2D eigenvalue weighted by molar-refractivity contribution is 5.78. The molecule has 0 aliphatic carbocycles. The lowest BCUT2D eigenvalue weighted by atomic mass is 10.1. The Kier molecular flexibility index (Phi) is 4.29. The molecule has 2 aromatic carbocycles. The molecule has 0 spiro atoms. The second-order valence-electron chi connectivity index (χ2n) is 4.44. The molecule has 0 N–H and O–H groups in total. The molecule has 2 nitrogen and oxygen atoms in total. The van der Waals surface area contributed by atoms with Crippen molar-refractivity contribution < 1.29 is 13.9 Å². The Balaban J connectivity index is 1.94. The Morgan fingerprint density at radius 3 is 2.47 bits per heavy atom. The maximum atomic E-state index is 13.0.